The molecule has 0 bridgehead atoms. The number of morpholine rings is 1. The third kappa shape index (κ3) is 4.18. The molecular formula is C12H16N4O4. The van der Waals surface area contributed by atoms with Crippen LogP contribution in [0.4, 0.5) is 5.82 Å². The first kappa shape index (κ1) is 14.2. The molecule has 108 valence electrons. The number of rotatable bonds is 5. The molecule has 20 heavy (non-hydrogen) atoms. The van der Waals surface area contributed by atoms with Gasteiger partial charge in [-0.15, -0.1) is 0 Å². The zero-order valence-electron chi connectivity index (χ0n) is 10.8. The molecule has 1 atom stereocenters. The number of anilines is 1. The number of nitrogens with zero attached hydrogens (tertiary/aromatic N) is 2. The number of carboxylic acid groups (broad SMARTS) is 1. The standard InChI is InChI=1S/C12H16N4O4/c17-11(15-14-10-3-1-2-4-13-10)8-16-5-6-20-9(7-16)12(18)19/h1-4,9H,5-8H2,(H,13,14)(H,15,17)(H,18,19). The van der Waals surface area contributed by atoms with Gasteiger partial charge in [-0.3, -0.25) is 20.5 Å². The van der Waals surface area contributed by atoms with Crippen molar-refractivity contribution in [1.29, 1.82) is 0 Å². The van der Waals surface area contributed by atoms with Crippen LogP contribution in [0.2, 0.25) is 0 Å². The van der Waals surface area contributed by atoms with Gasteiger partial charge in [0.1, 0.15) is 5.82 Å². The molecule has 0 radical (unpaired) electrons. The lowest BCUT2D eigenvalue weighted by Crippen LogP contribution is -2.49. The van der Waals surface area contributed by atoms with Crippen LogP contribution in [0, 0.1) is 0 Å². The van der Waals surface area contributed by atoms with Crippen LogP contribution in [0.1, 0.15) is 0 Å². The summed E-state index contributed by atoms with van der Waals surface area (Å²) in [5.74, 6) is -0.741. The number of ether oxygens (including phenoxy) is 1. The van der Waals surface area contributed by atoms with Gasteiger partial charge in [-0.05, 0) is 12.1 Å². The van der Waals surface area contributed by atoms with E-state index < -0.39 is 12.1 Å². The second kappa shape index (κ2) is 6.83. The normalized spacial score (nSPS) is 19.3. The molecule has 3 N–H and O–H groups in total. The van der Waals surface area contributed by atoms with Crippen LogP contribution in [-0.2, 0) is 14.3 Å². The average Bonchev–Trinajstić information content (AvgIpc) is 2.46. The van der Waals surface area contributed by atoms with Gasteiger partial charge in [0.25, 0.3) is 5.91 Å². The minimum atomic E-state index is -1.01. The monoisotopic (exact) mass is 280 g/mol. The predicted molar refractivity (Wildman–Crippen MR) is 69.8 cm³/mol. The van der Waals surface area contributed by atoms with Gasteiger partial charge in [-0.1, -0.05) is 6.07 Å². The third-order valence-corrected chi connectivity index (χ3v) is 2.79. The Morgan fingerprint density at radius 3 is 3.05 bits per heavy atom. The van der Waals surface area contributed by atoms with E-state index in [4.69, 9.17) is 9.84 Å². The number of hydrogen-bond donors (Lipinski definition) is 3. The molecule has 0 saturated carbocycles. The van der Waals surface area contributed by atoms with Crippen molar-refractivity contribution in [3.05, 3.63) is 24.4 Å². The molecule has 8 heteroatoms. The summed E-state index contributed by atoms with van der Waals surface area (Å²) in [5.41, 5.74) is 5.19. The van der Waals surface area contributed by atoms with Crippen LogP contribution in [0.15, 0.2) is 24.4 Å². The molecule has 1 amide bonds. The summed E-state index contributed by atoms with van der Waals surface area (Å²) in [6.45, 7) is 1.14. The molecule has 1 aliphatic heterocycles. The van der Waals surface area contributed by atoms with Gasteiger partial charge >= 0.3 is 5.97 Å². The van der Waals surface area contributed by atoms with Crippen molar-refractivity contribution < 1.29 is 19.4 Å². The van der Waals surface area contributed by atoms with Crippen molar-refractivity contribution in [2.45, 2.75) is 6.10 Å². The quantitative estimate of drug-likeness (QED) is 0.613. The summed E-state index contributed by atoms with van der Waals surface area (Å²) in [5, 5.41) is 8.87. The lowest BCUT2D eigenvalue weighted by molar-refractivity contribution is -0.156. The molecule has 1 aromatic heterocycles. The number of pyridine rings is 1. The van der Waals surface area contributed by atoms with Gasteiger partial charge in [0, 0.05) is 19.3 Å². The molecule has 1 aromatic rings. The number of nitrogens with one attached hydrogen (secondary N) is 2. The van der Waals surface area contributed by atoms with Gasteiger partial charge in [0.15, 0.2) is 6.10 Å². The van der Waals surface area contributed by atoms with Crippen LogP contribution in [-0.4, -0.2) is 59.2 Å². The van der Waals surface area contributed by atoms with Crippen LogP contribution in [0.5, 0.6) is 0 Å². The highest BCUT2D eigenvalue weighted by atomic mass is 16.5. The Morgan fingerprint density at radius 2 is 2.35 bits per heavy atom. The van der Waals surface area contributed by atoms with E-state index in [1.165, 1.54) is 0 Å². The predicted octanol–water partition coefficient (Wildman–Crippen LogP) is -0.690. The maximum absolute atomic E-state index is 11.7. The number of carbonyl (C=O) groups excluding carboxylic acids is 1. The van der Waals surface area contributed by atoms with Crippen molar-refractivity contribution in [2.75, 3.05) is 31.7 Å². The molecule has 1 fully saturated rings. The molecule has 1 saturated heterocycles. The van der Waals surface area contributed by atoms with E-state index in [0.29, 0.717) is 19.0 Å². The van der Waals surface area contributed by atoms with E-state index in [1.807, 2.05) is 0 Å². The lowest BCUT2D eigenvalue weighted by Gasteiger charge is -2.30. The van der Waals surface area contributed by atoms with Gasteiger partial charge in [0.05, 0.1) is 13.2 Å². The number of amides is 1. The van der Waals surface area contributed by atoms with Gasteiger partial charge in [0.2, 0.25) is 0 Å². The zero-order chi connectivity index (χ0) is 14.4. The molecule has 0 spiro atoms. The van der Waals surface area contributed by atoms with Crippen LogP contribution >= 0.6 is 0 Å². The van der Waals surface area contributed by atoms with Crippen LogP contribution < -0.4 is 10.9 Å². The Bertz CT molecular complexity index is 468. The number of carboxylic acids is 1. The zero-order valence-corrected chi connectivity index (χ0v) is 10.8. The summed E-state index contributed by atoms with van der Waals surface area (Å²) < 4.78 is 5.08. The third-order valence-electron chi connectivity index (χ3n) is 2.79. The smallest absolute Gasteiger partial charge is 0.334 e. The largest absolute Gasteiger partial charge is 0.479 e. The molecule has 1 aliphatic rings. The van der Waals surface area contributed by atoms with E-state index in [1.54, 1.807) is 29.3 Å². The maximum Gasteiger partial charge on any atom is 0.334 e. The fourth-order valence-corrected chi connectivity index (χ4v) is 1.81. The highest BCUT2D eigenvalue weighted by molar-refractivity contribution is 5.79. The Hall–Kier alpha value is -2.19. The van der Waals surface area contributed by atoms with E-state index in [2.05, 4.69) is 15.8 Å². The lowest BCUT2D eigenvalue weighted by atomic mass is 10.2. The first-order chi connectivity index (χ1) is 9.65. The van der Waals surface area contributed by atoms with Crippen molar-refractivity contribution in [3.8, 4) is 0 Å². The second-order valence-corrected chi connectivity index (χ2v) is 4.32. The van der Waals surface area contributed by atoms with E-state index >= 15 is 0 Å². The number of hydrazine groups is 1. The topological polar surface area (TPSA) is 104 Å². The van der Waals surface area contributed by atoms with Gasteiger partial charge in [-0.2, -0.15) is 0 Å². The molecular weight excluding hydrogens is 264 g/mol. The molecule has 0 aliphatic carbocycles. The molecule has 1 unspecified atom stereocenters. The Morgan fingerprint density at radius 1 is 1.50 bits per heavy atom. The first-order valence-electron chi connectivity index (χ1n) is 6.18. The Kier molecular flexibility index (Phi) is 4.85. The first-order valence-corrected chi connectivity index (χ1v) is 6.18. The van der Waals surface area contributed by atoms with Crippen LogP contribution in [0.3, 0.4) is 0 Å². The fraction of sp³-hybridized carbons (Fsp3) is 0.417. The minimum absolute atomic E-state index is 0.104. The van der Waals surface area contributed by atoms with Gasteiger partial charge < -0.3 is 9.84 Å². The molecule has 0 aromatic carbocycles. The number of carbonyl (C=O) groups is 2. The molecule has 8 nitrogen and oxygen atoms in total. The number of aromatic nitrogens is 1. The van der Waals surface area contributed by atoms with E-state index in [9.17, 15) is 9.59 Å². The van der Waals surface area contributed by atoms with Crippen molar-refractivity contribution in [3.63, 3.8) is 0 Å². The minimum Gasteiger partial charge on any atom is -0.479 e. The summed E-state index contributed by atoms with van der Waals surface area (Å²) in [6.07, 6.45) is 0.730. The summed E-state index contributed by atoms with van der Waals surface area (Å²) >= 11 is 0. The number of aliphatic carboxylic acids is 1. The second-order valence-electron chi connectivity index (χ2n) is 4.32. The van der Waals surface area contributed by atoms with Crippen molar-refractivity contribution in [2.24, 2.45) is 0 Å². The van der Waals surface area contributed by atoms with Crippen molar-refractivity contribution in [1.82, 2.24) is 15.3 Å². The Balaban J connectivity index is 1.75. The molecule has 2 rings (SSSR count). The Labute approximate surface area is 115 Å². The number of hydrogen-bond acceptors (Lipinski definition) is 6. The summed E-state index contributed by atoms with van der Waals surface area (Å²) in [6, 6.07) is 5.28. The van der Waals surface area contributed by atoms with Crippen LogP contribution in [0.25, 0.3) is 0 Å². The fourth-order valence-electron chi connectivity index (χ4n) is 1.81. The van der Waals surface area contributed by atoms with Crippen molar-refractivity contribution >= 4 is 17.7 Å². The van der Waals surface area contributed by atoms with Gasteiger partial charge in [-0.25, -0.2) is 9.78 Å². The summed E-state index contributed by atoms with van der Waals surface area (Å²) in [7, 11) is 0. The average molecular weight is 280 g/mol. The SMILES string of the molecule is O=C(CN1CCOC(C(=O)O)C1)NNc1ccccn1. The maximum atomic E-state index is 11.7. The molecule has 2 heterocycles. The van der Waals surface area contributed by atoms with E-state index in [0.717, 1.165) is 0 Å². The highest BCUT2D eigenvalue weighted by Crippen LogP contribution is 2.05. The highest BCUT2D eigenvalue weighted by Gasteiger charge is 2.27. The van der Waals surface area contributed by atoms with E-state index in [-0.39, 0.29) is 19.0 Å². The summed E-state index contributed by atoms with van der Waals surface area (Å²) in [4.78, 5) is 28.3.